The van der Waals surface area contributed by atoms with Crippen LogP contribution < -0.4 is 11.5 Å². The molecule has 35 heavy (non-hydrogen) atoms. The van der Waals surface area contributed by atoms with Crippen LogP contribution in [0.1, 0.15) is 75.1 Å². The minimum Gasteiger partial charge on any atom is -0.398 e. The van der Waals surface area contributed by atoms with Gasteiger partial charge in [-0.3, -0.25) is 4.79 Å². The zero-order chi connectivity index (χ0) is 25.7. The Morgan fingerprint density at radius 2 is 1.46 bits per heavy atom. The summed E-state index contributed by atoms with van der Waals surface area (Å²) in [5.74, 6) is -0.213. The molecule has 4 rings (SSSR count). The van der Waals surface area contributed by atoms with E-state index in [4.69, 9.17) is 11.5 Å². The highest BCUT2D eigenvalue weighted by molar-refractivity contribution is 5.90. The third kappa shape index (κ3) is 10.4. The van der Waals surface area contributed by atoms with Crippen LogP contribution in [0.15, 0.2) is 54.6 Å². The number of amides is 1. The van der Waals surface area contributed by atoms with Crippen molar-refractivity contribution in [2.75, 3.05) is 5.73 Å². The van der Waals surface area contributed by atoms with Gasteiger partial charge < -0.3 is 11.5 Å². The van der Waals surface area contributed by atoms with E-state index in [0.29, 0.717) is 11.8 Å². The standard InChI is InChI=1S/C12H17NO.C10H7F3N2.C6H12/c1-2-10-6-8-11(9-7-10)4-3-5-12(13)14;11-10(12,13)9-5-7(14)6-3-1-2-4-8(6)15-9;1-2-4-6-5-3-1/h6-9H,2-5H2,1H3,(H2,13,14);1-5H,(H2,14,15);1-6H2. The number of hydrogen-bond donors (Lipinski definition) is 2. The topological polar surface area (TPSA) is 82.0 Å². The molecule has 0 atom stereocenters. The average Bonchev–Trinajstić information content (AvgIpc) is 2.85. The number of nitrogens with zero attached hydrogens (tertiary/aromatic N) is 1. The van der Waals surface area contributed by atoms with Gasteiger partial charge in [0.05, 0.1) is 5.52 Å². The van der Waals surface area contributed by atoms with Crippen LogP contribution in [-0.2, 0) is 23.8 Å². The van der Waals surface area contributed by atoms with E-state index in [0.717, 1.165) is 25.3 Å². The summed E-state index contributed by atoms with van der Waals surface area (Å²) in [5, 5.41) is 0.533. The molecule has 1 fully saturated rings. The van der Waals surface area contributed by atoms with Crippen LogP contribution in [0.3, 0.4) is 0 Å². The van der Waals surface area contributed by atoms with Crippen LogP contribution >= 0.6 is 0 Å². The molecule has 3 aromatic rings. The number of anilines is 1. The van der Waals surface area contributed by atoms with E-state index in [1.807, 2.05) is 0 Å². The summed E-state index contributed by atoms with van der Waals surface area (Å²) in [4.78, 5) is 14.0. The van der Waals surface area contributed by atoms with Crippen LogP contribution in [0.25, 0.3) is 10.9 Å². The second kappa shape index (κ2) is 14.3. The molecule has 7 heteroatoms. The number of carbonyl (C=O) groups excluding carboxylic acids is 1. The fourth-order valence-corrected chi connectivity index (χ4v) is 3.82. The lowest BCUT2D eigenvalue weighted by Gasteiger charge is -2.08. The van der Waals surface area contributed by atoms with Crippen molar-refractivity contribution in [1.82, 2.24) is 4.98 Å². The number of hydrogen-bond acceptors (Lipinski definition) is 3. The Hall–Kier alpha value is -3.09. The number of aryl methyl sites for hydroxylation is 2. The first-order chi connectivity index (χ1) is 16.7. The largest absolute Gasteiger partial charge is 0.433 e. The van der Waals surface area contributed by atoms with E-state index in [9.17, 15) is 18.0 Å². The lowest BCUT2D eigenvalue weighted by Crippen LogP contribution is -2.10. The quantitative estimate of drug-likeness (QED) is 0.398. The summed E-state index contributed by atoms with van der Waals surface area (Å²) in [6.45, 7) is 2.14. The summed E-state index contributed by atoms with van der Waals surface area (Å²) in [5.41, 5.74) is 12.6. The van der Waals surface area contributed by atoms with E-state index in [2.05, 4.69) is 36.2 Å². The van der Waals surface area contributed by atoms with Crippen molar-refractivity contribution in [3.05, 3.63) is 71.4 Å². The minimum absolute atomic E-state index is 0.0907. The molecule has 0 radical (unpaired) electrons. The van der Waals surface area contributed by atoms with Gasteiger partial charge in [-0.05, 0) is 42.5 Å². The van der Waals surface area contributed by atoms with Crippen LogP contribution in [-0.4, -0.2) is 10.9 Å². The molecule has 0 bridgehead atoms. The van der Waals surface area contributed by atoms with Crippen molar-refractivity contribution < 1.29 is 18.0 Å². The molecule has 1 amide bonds. The third-order valence-corrected chi connectivity index (χ3v) is 5.86. The number of aromatic nitrogens is 1. The van der Waals surface area contributed by atoms with Crippen molar-refractivity contribution in [2.24, 2.45) is 5.73 Å². The first-order valence-electron chi connectivity index (χ1n) is 12.3. The molecule has 4 N–H and O–H groups in total. The number of rotatable bonds is 5. The molecule has 190 valence electrons. The zero-order valence-electron chi connectivity index (χ0n) is 20.4. The Morgan fingerprint density at radius 3 is 1.97 bits per heavy atom. The normalized spacial score (nSPS) is 13.3. The van der Waals surface area contributed by atoms with Gasteiger partial charge in [-0.1, -0.05) is 87.9 Å². The summed E-state index contributed by atoms with van der Waals surface area (Å²) < 4.78 is 37.1. The first kappa shape index (κ1) is 28.1. The van der Waals surface area contributed by atoms with E-state index < -0.39 is 11.9 Å². The highest BCUT2D eigenvalue weighted by Gasteiger charge is 2.33. The summed E-state index contributed by atoms with van der Waals surface area (Å²) in [6, 6.07) is 15.8. The Balaban J connectivity index is 0.000000201. The molecule has 1 saturated carbocycles. The summed E-state index contributed by atoms with van der Waals surface area (Å²) in [7, 11) is 0. The van der Waals surface area contributed by atoms with Crippen molar-refractivity contribution in [3.63, 3.8) is 0 Å². The smallest absolute Gasteiger partial charge is 0.398 e. The number of primary amides is 1. The van der Waals surface area contributed by atoms with E-state index in [-0.39, 0.29) is 17.1 Å². The van der Waals surface area contributed by atoms with Crippen LogP contribution in [0.4, 0.5) is 18.9 Å². The van der Waals surface area contributed by atoms with Gasteiger partial charge in [0.25, 0.3) is 0 Å². The van der Waals surface area contributed by atoms with Gasteiger partial charge >= 0.3 is 6.18 Å². The number of pyridine rings is 1. The first-order valence-corrected chi connectivity index (χ1v) is 12.3. The molecule has 0 saturated heterocycles. The average molecular weight is 488 g/mol. The molecular formula is C28H36F3N3O. The maximum atomic E-state index is 12.4. The molecule has 1 aliphatic carbocycles. The van der Waals surface area contributed by atoms with E-state index in [1.165, 1.54) is 55.7 Å². The van der Waals surface area contributed by atoms with Crippen molar-refractivity contribution in [2.45, 2.75) is 77.3 Å². The van der Waals surface area contributed by atoms with Crippen molar-refractivity contribution in [3.8, 4) is 0 Å². The highest BCUT2D eigenvalue weighted by atomic mass is 19.4. The fourth-order valence-electron chi connectivity index (χ4n) is 3.82. The lowest BCUT2D eigenvalue weighted by molar-refractivity contribution is -0.140. The predicted molar refractivity (Wildman–Crippen MR) is 137 cm³/mol. The molecular weight excluding hydrogens is 451 g/mol. The summed E-state index contributed by atoms with van der Waals surface area (Å²) >= 11 is 0. The Bertz CT molecular complexity index is 1030. The molecule has 0 unspecified atom stereocenters. The second-order valence-corrected chi connectivity index (χ2v) is 8.72. The summed E-state index contributed by atoms with van der Waals surface area (Å²) in [6.07, 6.45) is 7.88. The number of fused-ring (bicyclic) bond motifs is 1. The minimum atomic E-state index is -4.46. The molecule has 1 aliphatic rings. The number of para-hydroxylation sites is 1. The monoisotopic (exact) mass is 487 g/mol. The molecule has 2 aromatic carbocycles. The van der Waals surface area contributed by atoms with Gasteiger partial charge in [0, 0.05) is 17.5 Å². The molecule has 0 aliphatic heterocycles. The second-order valence-electron chi connectivity index (χ2n) is 8.72. The Morgan fingerprint density at radius 1 is 0.914 bits per heavy atom. The number of benzene rings is 2. The van der Waals surface area contributed by atoms with Crippen LogP contribution in [0, 0.1) is 0 Å². The van der Waals surface area contributed by atoms with Gasteiger partial charge in [0.1, 0.15) is 5.69 Å². The number of nitrogens with two attached hydrogens (primary N) is 2. The fraction of sp³-hybridized carbons (Fsp3) is 0.429. The number of nitrogen functional groups attached to an aromatic ring is 1. The maximum Gasteiger partial charge on any atom is 0.433 e. The molecule has 1 aromatic heterocycles. The van der Waals surface area contributed by atoms with Crippen molar-refractivity contribution in [1.29, 1.82) is 0 Å². The van der Waals surface area contributed by atoms with Crippen molar-refractivity contribution >= 4 is 22.5 Å². The van der Waals surface area contributed by atoms with Gasteiger partial charge in [0.15, 0.2) is 0 Å². The van der Waals surface area contributed by atoms with Crippen LogP contribution in [0.5, 0.6) is 0 Å². The molecule has 1 heterocycles. The predicted octanol–water partition coefficient (Wildman–Crippen LogP) is 7.23. The van der Waals surface area contributed by atoms with E-state index >= 15 is 0 Å². The Kier molecular flexibility index (Phi) is 11.5. The molecule has 4 nitrogen and oxygen atoms in total. The van der Waals surface area contributed by atoms with Gasteiger partial charge in [-0.25, -0.2) is 4.98 Å². The lowest BCUT2D eigenvalue weighted by atomic mass is 10.0. The number of halogens is 3. The number of alkyl halides is 3. The highest BCUT2D eigenvalue weighted by Crippen LogP contribution is 2.31. The van der Waals surface area contributed by atoms with Gasteiger partial charge in [0.2, 0.25) is 5.91 Å². The van der Waals surface area contributed by atoms with Gasteiger partial charge in [-0.2, -0.15) is 13.2 Å². The maximum absolute atomic E-state index is 12.4. The SMILES string of the molecule is C1CCCCC1.CCc1ccc(CCCC(N)=O)cc1.Nc1cc(C(F)(F)F)nc2ccccc12. The number of carbonyl (C=O) groups is 1. The Labute approximate surface area is 205 Å². The van der Waals surface area contributed by atoms with Crippen LogP contribution in [0.2, 0.25) is 0 Å². The van der Waals surface area contributed by atoms with Gasteiger partial charge in [-0.15, -0.1) is 0 Å². The zero-order valence-corrected chi connectivity index (χ0v) is 20.4. The van der Waals surface area contributed by atoms with E-state index in [1.54, 1.807) is 18.2 Å². The third-order valence-electron chi connectivity index (χ3n) is 5.86. The molecule has 0 spiro atoms.